The van der Waals surface area contributed by atoms with Crippen LogP contribution in [0.3, 0.4) is 0 Å². The van der Waals surface area contributed by atoms with Crippen molar-refractivity contribution in [1.82, 2.24) is 5.32 Å². The molecule has 0 spiro atoms. The zero-order valence-electron chi connectivity index (χ0n) is 10.8. The van der Waals surface area contributed by atoms with Gasteiger partial charge in [-0.2, -0.15) is 0 Å². The lowest BCUT2D eigenvalue weighted by Gasteiger charge is -2.28. The summed E-state index contributed by atoms with van der Waals surface area (Å²) < 4.78 is 38.0. The second kappa shape index (κ2) is 4.72. The Morgan fingerprint density at radius 3 is 2.50 bits per heavy atom. The van der Waals surface area contributed by atoms with E-state index in [4.69, 9.17) is 9.47 Å². The summed E-state index contributed by atoms with van der Waals surface area (Å²) in [5.74, 6) is -1.32. The average Bonchev–Trinajstić information content (AvgIpc) is 2.79. The lowest BCUT2D eigenvalue weighted by molar-refractivity contribution is 0.316. The van der Waals surface area contributed by atoms with Gasteiger partial charge in [-0.05, 0) is 26.3 Å². The van der Waals surface area contributed by atoms with Crippen molar-refractivity contribution >= 4 is 0 Å². The molecule has 0 saturated carbocycles. The zero-order valence-corrected chi connectivity index (χ0v) is 10.8. The van der Waals surface area contributed by atoms with Gasteiger partial charge < -0.3 is 14.8 Å². The number of nitrogens with one attached hydrogen (secondary N) is 1. The van der Waals surface area contributed by atoms with Gasteiger partial charge in [0.15, 0.2) is 23.1 Å². The average molecular weight is 257 g/mol. The molecule has 3 nitrogen and oxygen atoms in total. The summed E-state index contributed by atoms with van der Waals surface area (Å²) in [7, 11) is 2.83. The van der Waals surface area contributed by atoms with Crippen LogP contribution in [-0.2, 0) is 5.54 Å². The normalized spacial score (nSPS) is 23.2. The molecule has 1 aliphatic rings. The minimum absolute atomic E-state index is 0.208. The minimum Gasteiger partial charge on any atom is -0.493 e. The van der Waals surface area contributed by atoms with Crippen LogP contribution in [0.2, 0.25) is 0 Å². The first kappa shape index (κ1) is 13.1. The molecule has 1 aromatic rings. The summed E-state index contributed by atoms with van der Waals surface area (Å²) >= 11 is 0. The van der Waals surface area contributed by atoms with Crippen LogP contribution in [0.4, 0.5) is 8.78 Å². The lowest BCUT2D eigenvalue weighted by Crippen LogP contribution is -2.35. The maximum Gasteiger partial charge on any atom is 0.168 e. The highest BCUT2D eigenvalue weighted by Crippen LogP contribution is 2.43. The van der Waals surface area contributed by atoms with Gasteiger partial charge in [0.25, 0.3) is 0 Å². The molecule has 0 aliphatic carbocycles. The van der Waals surface area contributed by atoms with Crippen molar-refractivity contribution < 1.29 is 18.3 Å². The van der Waals surface area contributed by atoms with E-state index in [0.717, 1.165) is 25.5 Å². The van der Waals surface area contributed by atoms with Gasteiger partial charge in [0.05, 0.1) is 19.8 Å². The molecule has 1 atom stereocenters. The van der Waals surface area contributed by atoms with E-state index in [0.29, 0.717) is 0 Å². The molecule has 0 aromatic heterocycles. The summed E-state index contributed by atoms with van der Waals surface area (Å²) in [5.41, 5.74) is -0.412. The molecule has 5 heteroatoms. The molecule has 1 aliphatic heterocycles. The number of hydrogen-bond acceptors (Lipinski definition) is 3. The first-order chi connectivity index (χ1) is 8.53. The van der Waals surface area contributed by atoms with Gasteiger partial charge in [-0.15, -0.1) is 0 Å². The summed E-state index contributed by atoms with van der Waals surface area (Å²) in [6.45, 7) is 2.62. The Hall–Kier alpha value is -1.36. The van der Waals surface area contributed by atoms with Crippen molar-refractivity contribution in [3.05, 3.63) is 23.3 Å². The van der Waals surface area contributed by atoms with E-state index in [-0.39, 0.29) is 17.1 Å². The van der Waals surface area contributed by atoms with E-state index in [1.165, 1.54) is 14.2 Å². The third kappa shape index (κ3) is 1.92. The van der Waals surface area contributed by atoms with Crippen LogP contribution in [0.1, 0.15) is 25.3 Å². The fraction of sp³-hybridized carbons (Fsp3) is 0.538. The molecule has 1 saturated heterocycles. The quantitative estimate of drug-likeness (QED) is 0.902. The molecule has 0 bridgehead atoms. The summed E-state index contributed by atoms with van der Waals surface area (Å²) in [6.07, 6.45) is 1.64. The molecule has 2 rings (SSSR count). The third-order valence-electron chi connectivity index (χ3n) is 3.48. The van der Waals surface area contributed by atoms with Crippen molar-refractivity contribution in [2.75, 3.05) is 20.8 Å². The monoisotopic (exact) mass is 257 g/mol. The van der Waals surface area contributed by atoms with Crippen LogP contribution in [0, 0.1) is 11.6 Å². The summed E-state index contributed by atoms with van der Waals surface area (Å²) in [6, 6.07) is 1.01. The Labute approximate surface area is 105 Å². The van der Waals surface area contributed by atoms with E-state index in [1.54, 1.807) is 0 Å². The molecule has 1 fully saturated rings. The van der Waals surface area contributed by atoms with E-state index in [1.807, 2.05) is 6.92 Å². The first-order valence-electron chi connectivity index (χ1n) is 5.89. The molecule has 1 N–H and O–H groups in total. The Balaban J connectivity index is 2.66. The molecular weight excluding hydrogens is 240 g/mol. The maximum atomic E-state index is 14.1. The predicted molar refractivity (Wildman–Crippen MR) is 64.1 cm³/mol. The molecule has 1 aromatic carbocycles. The SMILES string of the molecule is COc1cc(F)c(F)c(C2(C)CCCN2)c1OC. The van der Waals surface area contributed by atoms with Gasteiger partial charge in [-0.25, -0.2) is 8.78 Å². The van der Waals surface area contributed by atoms with Gasteiger partial charge in [0.1, 0.15) is 0 Å². The van der Waals surface area contributed by atoms with E-state index in [2.05, 4.69) is 5.32 Å². The highest BCUT2D eigenvalue weighted by atomic mass is 19.2. The Morgan fingerprint density at radius 1 is 1.28 bits per heavy atom. The molecule has 0 amide bonds. The van der Waals surface area contributed by atoms with Crippen molar-refractivity contribution in [3.8, 4) is 11.5 Å². The molecule has 100 valence electrons. The highest BCUT2D eigenvalue weighted by molar-refractivity contribution is 5.51. The van der Waals surface area contributed by atoms with Crippen LogP contribution in [0.15, 0.2) is 6.07 Å². The van der Waals surface area contributed by atoms with E-state index >= 15 is 0 Å². The second-order valence-electron chi connectivity index (χ2n) is 4.65. The number of benzene rings is 1. The fourth-order valence-corrected chi connectivity index (χ4v) is 2.54. The van der Waals surface area contributed by atoms with Gasteiger partial charge in [0, 0.05) is 11.6 Å². The van der Waals surface area contributed by atoms with Gasteiger partial charge in [-0.1, -0.05) is 0 Å². The topological polar surface area (TPSA) is 30.5 Å². The van der Waals surface area contributed by atoms with Crippen LogP contribution < -0.4 is 14.8 Å². The Morgan fingerprint density at radius 2 is 2.00 bits per heavy atom. The number of methoxy groups -OCH3 is 2. The van der Waals surface area contributed by atoms with E-state index < -0.39 is 17.2 Å². The zero-order chi connectivity index (χ0) is 13.3. The molecule has 18 heavy (non-hydrogen) atoms. The third-order valence-corrected chi connectivity index (χ3v) is 3.48. The number of rotatable bonds is 3. The van der Waals surface area contributed by atoms with Gasteiger partial charge in [-0.3, -0.25) is 0 Å². The van der Waals surface area contributed by atoms with E-state index in [9.17, 15) is 8.78 Å². The highest BCUT2D eigenvalue weighted by Gasteiger charge is 2.38. The van der Waals surface area contributed by atoms with Crippen LogP contribution in [0.25, 0.3) is 0 Å². The maximum absolute atomic E-state index is 14.1. The van der Waals surface area contributed by atoms with Crippen LogP contribution in [0.5, 0.6) is 11.5 Å². The molecule has 1 heterocycles. The van der Waals surface area contributed by atoms with Crippen molar-refractivity contribution in [2.45, 2.75) is 25.3 Å². The number of ether oxygens (including phenoxy) is 2. The van der Waals surface area contributed by atoms with Crippen LogP contribution >= 0.6 is 0 Å². The lowest BCUT2D eigenvalue weighted by atomic mass is 9.88. The number of halogens is 2. The van der Waals surface area contributed by atoms with Crippen molar-refractivity contribution in [1.29, 1.82) is 0 Å². The van der Waals surface area contributed by atoms with Crippen molar-refractivity contribution in [3.63, 3.8) is 0 Å². The summed E-state index contributed by atoms with van der Waals surface area (Å²) in [5, 5.41) is 3.20. The molecule has 1 unspecified atom stereocenters. The molecular formula is C13H17F2NO2. The number of hydrogen-bond donors (Lipinski definition) is 1. The standard InChI is InChI=1S/C13H17F2NO2/c1-13(5-4-6-16-13)10-11(15)8(14)7-9(17-2)12(10)18-3/h7,16H,4-6H2,1-3H3. The summed E-state index contributed by atoms with van der Waals surface area (Å²) in [4.78, 5) is 0. The predicted octanol–water partition coefficient (Wildman–Crippen LogP) is 2.58. The van der Waals surface area contributed by atoms with Crippen LogP contribution in [-0.4, -0.2) is 20.8 Å². The first-order valence-corrected chi connectivity index (χ1v) is 5.89. The Bertz CT molecular complexity index is 457. The largest absolute Gasteiger partial charge is 0.493 e. The van der Waals surface area contributed by atoms with Crippen molar-refractivity contribution in [2.24, 2.45) is 0 Å². The second-order valence-corrected chi connectivity index (χ2v) is 4.65. The Kier molecular flexibility index (Phi) is 3.43. The smallest absolute Gasteiger partial charge is 0.168 e. The van der Waals surface area contributed by atoms with Gasteiger partial charge in [0.2, 0.25) is 0 Å². The molecule has 0 radical (unpaired) electrons. The fourth-order valence-electron chi connectivity index (χ4n) is 2.54. The van der Waals surface area contributed by atoms with Gasteiger partial charge >= 0.3 is 0 Å². The minimum atomic E-state index is -0.919.